The van der Waals surface area contributed by atoms with E-state index in [1.807, 2.05) is 6.92 Å². The van der Waals surface area contributed by atoms with Crippen molar-refractivity contribution in [2.24, 2.45) is 5.92 Å². The highest BCUT2D eigenvalue weighted by molar-refractivity contribution is 5.78. The number of nitrogens with zero attached hydrogens (tertiary/aromatic N) is 1. The zero-order chi connectivity index (χ0) is 13.1. The molecule has 0 bridgehead atoms. The maximum atomic E-state index is 11.6. The smallest absolute Gasteiger partial charge is 0.323 e. The van der Waals surface area contributed by atoms with Crippen LogP contribution in [-0.2, 0) is 9.53 Å². The van der Waals surface area contributed by atoms with Gasteiger partial charge in [0.05, 0.1) is 13.2 Å². The molecule has 0 amide bonds. The van der Waals surface area contributed by atoms with Crippen LogP contribution in [0.5, 0.6) is 0 Å². The summed E-state index contributed by atoms with van der Waals surface area (Å²) in [6.45, 7) is 10.1. The molecule has 0 aliphatic carbocycles. The predicted octanol–water partition coefficient (Wildman–Crippen LogP) is 1.99. The van der Waals surface area contributed by atoms with Gasteiger partial charge in [-0.1, -0.05) is 20.8 Å². The van der Waals surface area contributed by atoms with Gasteiger partial charge in [-0.15, -0.1) is 0 Å². The quantitative estimate of drug-likeness (QED) is 0.802. The molecule has 17 heavy (non-hydrogen) atoms. The molecule has 0 aromatic rings. The molecule has 1 N–H and O–H groups in total. The third-order valence-electron chi connectivity index (χ3n) is 3.60. The van der Waals surface area contributed by atoms with Crippen LogP contribution >= 0.6 is 0 Å². The van der Waals surface area contributed by atoms with Crippen molar-refractivity contribution in [3.8, 4) is 0 Å². The van der Waals surface area contributed by atoms with Crippen molar-refractivity contribution in [2.75, 3.05) is 19.8 Å². The summed E-state index contributed by atoms with van der Waals surface area (Å²) in [6, 6.07) is 0.226. The second-order valence-electron chi connectivity index (χ2n) is 5.51. The van der Waals surface area contributed by atoms with Gasteiger partial charge in [0.25, 0.3) is 0 Å². The number of aliphatic carboxylic acids is 1. The van der Waals surface area contributed by atoms with Crippen LogP contribution < -0.4 is 0 Å². The van der Waals surface area contributed by atoms with E-state index in [4.69, 9.17) is 4.74 Å². The Morgan fingerprint density at radius 2 is 2.24 bits per heavy atom. The van der Waals surface area contributed by atoms with Gasteiger partial charge in [-0.2, -0.15) is 0 Å². The summed E-state index contributed by atoms with van der Waals surface area (Å²) in [5.74, 6) is -0.344. The Bertz CT molecular complexity index is 267. The number of carboxylic acid groups (broad SMARTS) is 1. The molecule has 1 fully saturated rings. The minimum Gasteiger partial charge on any atom is -0.480 e. The summed E-state index contributed by atoms with van der Waals surface area (Å²) in [6.07, 6.45) is 1.61. The summed E-state index contributed by atoms with van der Waals surface area (Å²) in [7, 11) is 0. The molecule has 0 aromatic heterocycles. The largest absolute Gasteiger partial charge is 0.480 e. The molecule has 1 saturated heterocycles. The Balaban J connectivity index is 2.91. The molecule has 0 spiro atoms. The third-order valence-corrected chi connectivity index (χ3v) is 3.60. The first-order valence-electron chi connectivity index (χ1n) is 6.49. The molecular weight excluding hydrogens is 218 g/mol. The number of carbonyl (C=O) groups is 1. The van der Waals surface area contributed by atoms with Gasteiger partial charge in [0.2, 0.25) is 0 Å². The van der Waals surface area contributed by atoms with E-state index >= 15 is 0 Å². The number of rotatable bonds is 5. The van der Waals surface area contributed by atoms with Crippen LogP contribution in [0, 0.1) is 5.92 Å². The van der Waals surface area contributed by atoms with E-state index < -0.39 is 11.5 Å². The average Bonchev–Trinajstić information content (AvgIpc) is 2.27. The van der Waals surface area contributed by atoms with Crippen molar-refractivity contribution in [1.82, 2.24) is 4.90 Å². The molecule has 1 aliphatic rings. The highest BCUT2D eigenvalue weighted by Crippen LogP contribution is 2.29. The van der Waals surface area contributed by atoms with Gasteiger partial charge in [0.1, 0.15) is 5.54 Å². The van der Waals surface area contributed by atoms with Crippen LogP contribution in [0.25, 0.3) is 0 Å². The topological polar surface area (TPSA) is 49.8 Å². The van der Waals surface area contributed by atoms with Crippen LogP contribution in [0.3, 0.4) is 0 Å². The first-order chi connectivity index (χ1) is 7.91. The maximum absolute atomic E-state index is 11.6. The van der Waals surface area contributed by atoms with Gasteiger partial charge >= 0.3 is 5.97 Å². The van der Waals surface area contributed by atoms with Gasteiger partial charge in [0.15, 0.2) is 0 Å². The lowest BCUT2D eigenvalue weighted by atomic mass is 9.87. The van der Waals surface area contributed by atoms with Crippen molar-refractivity contribution < 1.29 is 14.6 Å². The molecule has 2 atom stereocenters. The molecule has 1 aliphatic heterocycles. The van der Waals surface area contributed by atoms with Crippen LogP contribution in [0.2, 0.25) is 0 Å². The normalized spacial score (nSPS) is 25.8. The number of hydrogen-bond acceptors (Lipinski definition) is 3. The maximum Gasteiger partial charge on any atom is 0.323 e. The lowest BCUT2D eigenvalue weighted by Crippen LogP contribution is -2.61. The summed E-state index contributed by atoms with van der Waals surface area (Å²) in [4.78, 5) is 13.8. The van der Waals surface area contributed by atoms with Crippen LogP contribution in [0.4, 0.5) is 0 Å². The molecule has 4 nitrogen and oxygen atoms in total. The minimum atomic E-state index is -0.765. The average molecular weight is 243 g/mol. The molecule has 1 rings (SSSR count). The van der Waals surface area contributed by atoms with Gasteiger partial charge in [-0.05, 0) is 25.7 Å². The van der Waals surface area contributed by atoms with Gasteiger partial charge < -0.3 is 9.84 Å². The summed E-state index contributed by atoms with van der Waals surface area (Å²) >= 11 is 0. The number of carboxylic acids is 1. The highest BCUT2D eigenvalue weighted by Gasteiger charge is 2.43. The van der Waals surface area contributed by atoms with E-state index in [-0.39, 0.29) is 6.04 Å². The van der Waals surface area contributed by atoms with Gasteiger partial charge in [0, 0.05) is 12.6 Å². The van der Waals surface area contributed by atoms with Gasteiger partial charge in [-0.3, -0.25) is 9.69 Å². The fourth-order valence-electron chi connectivity index (χ4n) is 2.77. The van der Waals surface area contributed by atoms with Crippen molar-refractivity contribution in [2.45, 2.75) is 52.1 Å². The minimum absolute atomic E-state index is 0.226. The van der Waals surface area contributed by atoms with Crippen molar-refractivity contribution in [3.05, 3.63) is 0 Å². The monoisotopic (exact) mass is 243 g/mol. The first kappa shape index (κ1) is 14.5. The number of hydrogen-bond donors (Lipinski definition) is 1. The second-order valence-corrected chi connectivity index (χ2v) is 5.51. The Morgan fingerprint density at radius 1 is 1.59 bits per heavy atom. The fraction of sp³-hybridized carbons (Fsp3) is 0.923. The lowest BCUT2D eigenvalue weighted by Gasteiger charge is -2.46. The highest BCUT2D eigenvalue weighted by atomic mass is 16.5. The molecule has 0 aromatic carbocycles. The van der Waals surface area contributed by atoms with E-state index in [9.17, 15) is 9.90 Å². The Morgan fingerprint density at radius 3 is 2.71 bits per heavy atom. The molecule has 4 heteroatoms. The molecule has 2 unspecified atom stereocenters. The Hall–Kier alpha value is -0.610. The number of morpholine rings is 1. The molecule has 1 heterocycles. The molecular formula is C13H25NO3. The van der Waals surface area contributed by atoms with Crippen LogP contribution in [-0.4, -0.2) is 47.3 Å². The van der Waals surface area contributed by atoms with E-state index in [1.165, 1.54) is 0 Å². The van der Waals surface area contributed by atoms with Crippen molar-refractivity contribution >= 4 is 5.97 Å². The summed E-state index contributed by atoms with van der Waals surface area (Å²) in [5, 5.41) is 9.56. The molecule has 0 saturated carbocycles. The van der Waals surface area contributed by atoms with Crippen molar-refractivity contribution in [3.63, 3.8) is 0 Å². The summed E-state index contributed by atoms with van der Waals surface area (Å²) in [5.41, 5.74) is -0.765. The zero-order valence-electron chi connectivity index (χ0n) is 11.4. The Labute approximate surface area is 104 Å². The molecule has 100 valence electrons. The second kappa shape index (κ2) is 5.83. The van der Waals surface area contributed by atoms with Crippen molar-refractivity contribution in [1.29, 1.82) is 0 Å². The van der Waals surface area contributed by atoms with E-state index in [1.54, 1.807) is 0 Å². The first-order valence-corrected chi connectivity index (χ1v) is 6.49. The fourth-order valence-corrected chi connectivity index (χ4v) is 2.77. The predicted molar refractivity (Wildman–Crippen MR) is 67.1 cm³/mol. The SMILES string of the molecule is CCC1COCCN1C(C)(CC(C)C)C(=O)O. The lowest BCUT2D eigenvalue weighted by molar-refractivity contribution is -0.159. The van der Waals surface area contributed by atoms with Crippen LogP contribution in [0.1, 0.15) is 40.5 Å². The van der Waals surface area contributed by atoms with E-state index in [0.29, 0.717) is 32.1 Å². The van der Waals surface area contributed by atoms with E-state index in [2.05, 4.69) is 25.7 Å². The van der Waals surface area contributed by atoms with Crippen LogP contribution in [0.15, 0.2) is 0 Å². The zero-order valence-corrected chi connectivity index (χ0v) is 11.4. The summed E-state index contributed by atoms with van der Waals surface area (Å²) < 4.78 is 5.45. The standard InChI is InChI=1S/C13H25NO3/c1-5-11-9-17-7-6-14(11)13(4,12(15)16)8-10(2)3/h10-11H,5-9H2,1-4H3,(H,15,16). The number of ether oxygens (including phenoxy) is 1. The molecule has 0 radical (unpaired) electrons. The van der Waals surface area contributed by atoms with Gasteiger partial charge in [-0.25, -0.2) is 0 Å². The third kappa shape index (κ3) is 3.19. The Kier molecular flexibility index (Phi) is 4.95. The van der Waals surface area contributed by atoms with E-state index in [0.717, 1.165) is 6.42 Å².